The van der Waals surface area contributed by atoms with Crippen LogP contribution in [-0.4, -0.2) is 16.4 Å². The Balaban J connectivity index is 3.19. The zero-order valence-corrected chi connectivity index (χ0v) is 6.85. The first-order valence-electron chi connectivity index (χ1n) is 3.11. The van der Waals surface area contributed by atoms with E-state index in [4.69, 9.17) is 17.4 Å². The summed E-state index contributed by atoms with van der Waals surface area (Å²) in [5.41, 5.74) is 1.73. The van der Waals surface area contributed by atoms with E-state index in [2.05, 4.69) is 10.1 Å². The molecule has 1 aromatic rings. The molecule has 2 N–H and O–H groups in total. The fourth-order valence-electron chi connectivity index (χ4n) is 0.791. The van der Waals surface area contributed by atoms with Gasteiger partial charge in [0, 0.05) is 11.3 Å². The molecule has 0 unspecified atom stereocenters. The molecule has 0 bridgehead atoms. The third-order valence-electron chi connectivity index (χ3n) is 1.35. The molecule has 0 aliphatic rings. The van der Waals surface area contributed by atoms with E-state index >= 15 is 0 Å². The maximum Gasteiger partial charge on any atom is 0.103 e. The Morgan fingerprint density at radius 3 is 2.91 bits per heavy atom. The van der Waals surface area contributed by atoms with E-state index in [0.717, 1.165) is 11.3 Å². The molecular weight excluding hydrogens is 160 g/mol. The van der Waals surface area contributed by atoms with Crippen molar-refractivity contribution in [3.05, 3.63) is 28.0 Å². The summed E-state index contributed by atoms with van der Waals surface area (Å²) in [6.45, 7) is 1.87. The van der Waals surface area contributed by atoms with Crippen molar-refractivity contribution in [1.29, 1.82) is 0 Å². The highest BCUT2D eigenvalue weighted by atomic mass is 32.1. The first-order valence-corrected chi connectivity index (χ1v) is 3.52. The highest BCUT2D eigenvalue weighted by Crippen LogP contribution is 2.00. The molecule has 0 radical (unpaired) electrons. The molecule has 1 aromatic heterocycles. The molecule has 1 heterocycles. The Kier molecular flexibility index (Phi) is 2.38. The van der Waals surface area contributed by atoms with Crippen molar-refractivity contribution >= 4 is 18.4 Å². The minimum absolute atomic E-state index is 0.678. The molecular formula is C7H8N2OS. The number of aromatic amines is 1. The molecule has 0 saturated carbocycles. The summed E-state index contributed by atoms with van der Waals surface area (Å²) < 4.78 is 0.678. The summed E-state index contributed by atoms with van der Waals surface area (Å²) >= 11 is 4.88. The van der Waals surface area contributed by atoms with Crippen LogP contribution >= 0.6 is 12.2 Å². The van der Waals surface area contributed by atoms with Crippen LogP contribution in [0, 0.1) is 11.6 Å². The molecule has 3 nitrogen and oxygen atoms in total. The van der Waals surface area contributed by atoms with E-state index in [1.807, 2.05) is 6.92 Å². The van der Waals surface area contributed by atoms with Crippen LogP contribution in [0.15, 0.2) is 17.3 Å². The van der Waals surface area contributed by atoms with Gasteiger partial charge in [0.2, 0.25) is 0 Å². The van der Waals surface area contributed by atoms with Gasteiger partial charge < -0.3 is 10.2 Å². The van der Waals surface area contributed by atoms with Crippen LogP contribution in [0.4, 0.5) is 0 Å². The Labute approximate surface area is 69.4 Å². The number of rotatable bonds is 1. The van der Waals surface area contributed by atoms with Crippen LogP contribution in [0.5, 0.6) is 0 Å². The minimum Gasteiger partial charge on any atom is -0.411 e. The molecule has 11 heavy (non-hydrogen) atoms. The molecule has 0 spiro atoms. The first-order chi connectivity index (χ1) is 5.24. The molecule has 0 amide bonds. The van der Waals surface area contributed by atoms with Gasteiger partial charge in [-0.25, -0.2) is 0 Å². The van der Waals surface area contributed by atoms with Crippen molar-refractivity contribution < 1.29 is 5.21 Å². The van der Waals surface area contributed by atoms with E-state index in [1.54, 1.807) is 12.1 Å². The summed E-state index contributed by atoms with van der Waals surface area (Å²) in [5.74, 6) is 0. The molecule has 0 atom stereocenters. The standard InChI is InChI=1S/C7H8N2OS/c1-5-6(4-8-10)2-3-7(11)9-5/h2-4,10H,1H3,(H,9,11)/b8-4-. The van der Waals surface area contributed by atoms with E-state index in [9.17, 15) is 0 Å². The third kappa shape index (κ3) is 1.88. The number of H-pyrrole nitrogens is 1. The van der Waals surface area contributed by atoms with Crippen molar-refractivity contribution in [2.45, 2.75) is 6.92 Å². The van der Waals surface area contributed by atoms with Crippen LogP contribution in [0.2, 0.25) is 0 Å². The largest absolute Gasteiger partial charge is 0.411 e. The predicted octanol–water partition coefficient (Wildman–Crippen LogP) is 1.86. The number of hydrogen-bond donors (Lipinski definition) is 2. The molecule has 4 heteroatoms. The highest BCUT2D eigenvalue weighted by molar-refractivity contribution is 7.71. The van der Waals surface area contributed by atoms with Gasteiger partial charge >= 0.3 is 0 Å². The van der Waals surface area contributed by atoms with Gasteiger partial charge in [0.15, 0.2) is 0 Å². The topological polar surface area (TPSA) is 48.4 Å². The fraction of sp³-hybridized carbons (Fsp3) is 0.143. The van der Waals surface area contributed by atoms with Crippen LogP contribution < -0.4 is 0 Å². The zero-order valence-electron chi connectivity index (χ0n) is 6.03. The van der Waals surface area contributed by atoms with E-state index in [1.165, 1.54) is 6.21 Å². The van der Waals surface area contributed by atoms with Gasteiger partial charge in [-0.05, 0) is 19.1 Å². The fourth-order valence-corrected chi connectivity index (χ4v) is 1.01. The lowest BCUT2D eigenvalue weighted by molar-refractivity contribution is 0.322. The molecule has 0 aliphatic carbocycles. The van der Waals surface area contributed by atoms with Gasteiger partial charge in [0.05, 0.1) is 6.21 Å². The number of hydrogen-bond acceptors (Lipinski definition) is 3. The second-order valence-corrected chi connectivity index (χ2v) is 2.59. The zero-order chi connectivity index (χ0) is 8.27. The first kappa shape index (κ1) is 7.94. The maximum absolute atomic E-state index is 8.24. The highest BCUT2D eigenvalue weighted by Gasteiger charge is 1.92. The van der Waals surface area contributed by atoms with Crippen LogP contribution in [0.3, 0.4) is 0 Å². The molecule has 58 valence electrons. The number of nitrogens with one attached hydrogen (secondary N) is 1. The summed E-state index contributed by atoms with van der Waals surface area (Å²) in [7, 11) is 0. The Hall–Kier alpha value is -1.16. The summed E-state index contributed by atoms with van der Waals surface area (Å²) in [4.78, 5) is 2.94. The number of pyridine rings is 1. The monoisotopic (exact) mass is 168 g/mol. The van der Waals surface area contributed by atoms with Crippen LogP contribution in [0.25, 0.3) is 0 Å². The number of aryl methyl sites for hydroxylation is 1. The Bertz CT molecular complexity index is 329. The molecule has 0 saturated heterocycles. The van der Waals surface area contributed by atoms with Crippen molar-refractivity contribution in [2.75, 3.05) is 0 Å². The van der Waals surface area contributed by atoms with E-state index < -0.39 is 0 Å². The lowest BCUT2D eigenvalue weighted by Gasteiger charge is -1.96. The van der Waals surface area contributed by atoms with Gasteiger partial charge in [-0.2, -0.15) is 0 Å². The smallest absolute Gasteiger partial charge is 0.103 e. The number of nitrogens with zero attached hydrogens (tertiary/aromatic N) is 1. The van der Waals surface area contributed by atoms with E-state index in [-0.39, 0.29) is 0 Å². The summed E-state index contributed by atoms with van der Waals surface area (Å²) in [6, 6.07) is 3.55. The SMILES string of the molecule is Cc1[nH]c(=S)ccc1/C=N\O. The van der Waals surface area contributed by atoms with Gasteiger partial charge in [-0.15, -0.1) is 0 Å². The van der Waals surface area contributed by atoms with Crippen LogP contribution in [-0.2, 0) is 0 Å². The van der Waals surface area contributed by atoms with Crippen LogP contribution in [0.1, 0.15) is 11.3 Å². The van der Waals surface area contributed by atoms with Gasteiger partial charge in [0.1, 0.15) is 4.64 Å². The summed E-state index contributed by atoms with van der Waals surface area (Å²) in [5, 5.41) is 11.2. The van der Waals surface area contributed by atoms with Crippen molar-refractivity contribution in [3.8, 4) is 0 Å². The number of oxime groups is 1. The Morgan fingerprint density at radius 1 is 1.64 bits per heavy atom. The normalized spacial score (nSPS) is 10.6. The summed E-state index contributed by atoms with van der Waals surface area (Å²) in [6.07, 6.45) is 1.36. The molecule has 0 fully saturated rings. The second kappa shape index (κ2) is 3.30. The predicted molar refractivity (Wildman–Crippen MR) is 45.7 cm³/mol. The quantitative estimate of drug-likeness (QED) is 0.291. The van der Waals surface area contributed by atoms with Crippen molar-refractivity contribution in [1.82, 2.24) is 4.98 Å². The van der Waals surface area contributed by atoms with E-state index in [0.29, 0.717) is 4.64 Å². The van der Waals surface area contributed by atoms with Crippen molar-refractivity contribution in [3.63, 3.8) is 0 Å². The number of aromatic nitrogens is 1. The molecule has 0 aliphatic heterocycles. The molecule has 0 aromatic carbocycles. The Morgan fingerprint density at radius 2 is 2.36 bits per heavy atom. The minimum atomic E-state index is 0.678. The van der Waals surface area contributed by atoms with Crippen molar-refractivity contribution in [2.24, 2.45) is 5.16 Å². The maximum atomic E-state index is 8.24. The second-order valence-electron chi connectivity index (χ2n) is 2.15. The average Bonchev–Trinajstić information content (AvgIpc) is 1.95. The third-order valence-corrected chi connectivity index (χ3v) is 1.59. The van der Waals surface area contributed by atoms with Gasteiger partial charge in [0.25, 0.3) is 0 Å². The lowest BCUT2D eigenvalue weighted by atomic mass is 10.2. The lowest BCUT2D eigenvalue weighted by Crippen LogP contribution is -1.90. The molecule has 1 rings (SSSR count). The van der Waals surface area contributed by atoms with Gasteiger partial charge in [-0.1, -0.05) is 17.4 Å². The average molecular weight is 168 g/mol. The van der Waals surface area contributed by atoms with Gasteiger partial charge in [-0.3, -0.25) is 0 Å².